The largest absolute Gasteiger partial charge is 0.490 e. The molecule has 0 heterocycles. The van der Waals surface area contributed by atoms with Crippen LogP contribution in [0.15, 0.2) is 66.7 Å². The second-order valence-corrected chi connectivity index (χ2v) is 8.34. The molecule has 0 bridgehead atoms. The second kappa shape index (κ2) is 10.6. The van der Waals surface area contributed by atoms with Crippen LogP contribution in [0.4, 0.5) is 0 Å². The van der Waals surface area contributed by atoms with Gasteiger partial charge in [-0.2, -0.15) is 0 Å². The van der Waals surface area contributed by atoms with E-state index < -0.39 is 0 Å². The van der Waals surface area contributed by atoms with E-state index >= 15 is 0 Å². The lowest BCUT2D eigenvalue weighted by Gasteiger charge is -2.15. The molecule has 0 atom stereocenters. The van der Waals surface area contributed by atoms with Crippen LogP contribution in [0, 0.1) is 10.5 Å². The lowest BCUT2D eigenvalue weighted by atomic mass is 10.1. The standard InChI is InChI=1S/C25H22ClIO3/c1-3-29-24-15-19(8-13-23(28)20-9-4-17(2)5-10-20)14-22(27)25(24)30-16-18-6-11-21(26)12-7-18/h4-15H,3,16H2,1-2H3/b13-8+. The third-order valence-corrected chi connectivity index (χ3v) is 5.44. The van der Waals surface area contributed by atoms with Crippen LogP contribution in [-0.2, 0) is 6.61 Å². The van der Waals surface area contributed by atoms with E-state index in [-0.39, 0.29) is 5.78 Å². The fourth-order valence-electron chi connectivity index (χ4n) is 2.81. The number of benzene rings is 3. The fourth-order valence-corrected chi connectivity index (χ4v) is 3.72. The first-order valence-corrected chi connectivity index (χ1v) is 11.0. The minimum absolute atomic E-state index is 0.0361. The summed E-state index contributed by atoms with van der Waals surface area (Å²) in [4.78, 5) is 12.4. The molecule has 3 nitrogen and oxygen atoms in total. The maximum absolute atomic E-state index is 12.4. The highest BCUT2D eigenvalue weighted by Gasteiger charge is 2.12. The molecular weight excluding hydrogens is 511 g/mol. The topological polar surface area (TPSA) is 35.5 Å². The van der Waals surface area contributed by atoms with E-state index in [1.165, 1.54) is 0 Å². The van der Waals surface area contributed by atoms with Crippen molar-refractivity contribution in [2.45, 2.75) is 20.5 Å². The fraction of sp³-hybridized carbons (Fsp3) is 0.160. The van der Waals surface area contributed by atoms with Crippen LogP contribution in [0.25, 0.3) is 6.08 Å². The first-order chi connectivity index (χ1) is 14.5. The van der Waals surface area contributed by atoms with Gasteiger partial charge < -0.3 is 9.47 Å². The van der Waals surface area contributed by atoms with Crippen molar-refractivity contribution in [2.24, 2.45) is 0 Å². The van der Waals surface area contributed by atoms with Crippen LogP contribution >= 0.6 is 34.2 Å². The Morgan fingerprint density at radius 3 is 2.40 bits per heavy atom. The number of carbonyl (C=O) groups excluding carboxylic acids is 1. The zero-order chi connectivity index (χ0) is 21.5. The Balaban J connectivity index is 1.78. The molecule has 0 amide bonds. The maximum atomic E-state index is 12.4. The molecule has 0 saturated carbocycles. The molecule has 3 rings (SSSR count). The van der Waals surface area contributed by atoms with Gasteiger partial charge in [0.1, 0.15) is 6.61 Å². The summed E-state index contributed by atoms with van der Waals surface area (Å²) in [6, 6.07) is 19.0. The second-order valence-electron chi connectivity index (χ2n) is 6.74. The van der Waals surface area contributed by atoms with Gasteiger partial charge in [0.2, 0.25) is 0 Å². The van der Waals surface area contributed by atoms with Gasteiger partial charge in [-0.1, -0.05) is 59.6 Å². The number of allylic oxidation sites excluding steroid dienone is 1. The molecule has 0 aromatic heterocycles. The van der Waals surface area contributed by atoms with Crippen molar-refractivity contribution in [3.8, 4) is 11.5 Å². The summed E-state index contributed by atoms with van der Waals surface area (Å²) in [6.07, 6.45) is 3.38. The number of rotatable bonds is 8. The van der Waals surface area contributed by atoms with Crippen molar-refractivity contribution in [2.75, 3.05) is 6.61 Å². The van der Waals surface area contributed by atoms with Crippen molar-refractivity contribution >= 4 is 46.1 Å². The highest BCUT2D eigenvalue weighted by molar-refractivity contribution is 14.1. The number of hydrogen-bond acceptors (Lipinski definition) is 3. The summed E-state index contributed by atoms with van der Waals surface area (Å²) in [7, 11) is 0. The molecular formula is C25H22ClIO3. The van der Waals surface area contributed by atoms with Crippen molar-refractivity contribution < 1.29 is 14.3 Å². The van der Waals surface area contributed by atoms with Crippen LogP contribution in [0.3, 0.4) is 0 Å². The van der Waals surface area contributed by atoms with E-state index in [0.29, 0.717) is 35.3 Å². The molecule has 0 fully saturated rings. The Hall–Kier alpha value is -2.31. The van der Waals surface area contributed by atoms with Crippen molar-refractivity contribution in [3.63, 3.8) is 0 Å². The van der Waals surface area contributed by atoms with Gasteiger partial charge in [-0.15, -0.1) is 0 Å². The van der Waals surface area contributed by atoms with Crippen LogP contribution in [-0.4, -0.2) is 12.4 Å². The molecule has 3 aromatic carbocycles. The number of ether oxygens (including phenoxy) is 2. The predicted octanol–water partition coefficient (Wildman–Crippen LogP) is 7.13. The molecule has 0 spiro atoms. The Bertz CT molecular complexity index is 1040. The predicted molar refractivity (Wildman–Crippen MR) is 131 cm³/mol. The number of ketones is 1. The smallest absolute Gasteiger partial charge is 0.185 e. The van der Waals surface area contributed by atoms with Gasteiger partial charge in [0, 0.05) is 10.6 Å². The highest BCUT2D eigenvalue weighted by atomic mass is 127. The summed E-state index contributed by atoms with van der Waals surface area (Å²) in [5, 5.41) is 0.694. The first-order valence-electron chi connectivity index (χ1n) is 9.59. The summed E-state index contributed by atoms with van der Waals surface area (Å²) in [5.74, 6) is 1.31. The summed E-state index contributed by atoms with van der Waals surface area (Å²) >= 11 is 8.17. The van der Waals surface area contributed by atoms with Gasteiger partial charge >= 0.3 is 0 Å². The highest BCUT2D eigenvalue weighted by Crippen LogP contribution is 2.35. The molecule has 0 radical (unpaired) electrons. The maximum Gasteiger partial charge on any atom is 0.185 e. The Morgan fingerprint density at radius 1 is 1.03 bits per heavy atom. The Labute approximate surface area is 195 Å². The Morgan fingerprint density at radius 2 is 1.73 bits per heavy atom. The minimum Gasteiger partial charge on any atom is -0.490 e. The van der Waals surface area contributed by atoms with E-state index in [1.54, 1.807) is 12.2 Å². The molecule has 0 N–H and O–H groups in total. The molecule has 5 heteroatoms. The van der Waals surface area contributed by atoms with Crippen LogP contribution in [0.5, 0.6) is 11.5 Å². The van der Waals surface area contributed by atoms with E-state index in [1.807, 2.05) is 74.5 Å². The average Bonchev–Trinajstić information content (AvgIpc) is 2.73. The molecule has 0 aliphatic rings. The van der Waals surface area contributed by atoms with E-state index in [9.17, 15) is 4.79 Å². The monoisotopic (exact) mass is 532 g/mol. The van der Waals surface area contributed by atoms with Gasteiger partial charge in [-0.3, -0.25) is 4.79 Å². The quantitative estimate of drug-likeness (QED) is 0.176. The van der Waals surface area contributed by atoms with Gasteiger partial charge in [0.25, 0.3) is 0 Å². The lowest BCUT2D eigenvalue weighted by Crippen LogP contribution is -2.02. The SMILES string of the molecule is CCOc1cc(/C=C/C(=O)c2ccc(C)cc2)cc(I)c1OCc1ccc(Cl)cc1. The number of aryl methyl sites for hydroxylation is 1. The van der Waals surface area contributed by atoms with E-state index in [2.05, 4.69) is 22.6 Å². The van der Waals surface area contributed by atoms with Gasteiger partial charge in [-0.05, 0) is 77.9 Å². The lowest BCUT2D eigenvalue weighted by molar-refractivity contribution is 0.104. The van der Waals surface area contributed by atoms with Crippen LogP contribution in [0.2, 0.25) is 5.02 Å². The van der Waals surface area contributed by atoms with Crippen LogP contribution < -0.4 is 9.47 Å². The van der Waals surface area contributed by atoms with Gasteiger partial charge in [0.15, 0.2) is 17.3 Å². The van der Waals surface area contributed by atoms with Crippen molar-refractivity contribution in [1.29, 1.82) is 0 Å². The zero-order valence-electron chi connectivity index (χ0n) is 16.8. The molecule has 0 saturated heterocycles. The third-order valence-electron chi connectivity index (χ3n) is 4.39. The first kappa shape index (κ1) is 22.4. The van der Waals surface area contributed by atoms with Crippen molar-refractivity contribution in [3.05, 3.63) is 97.6 Å². The molecule has 30 heavy (non-hydrogen) atoms. The van der Waals surface area contributed by atoms with Gasteiger partial charge in [0.05, 0.1) is 10.2 Å². The molecule has 0 unspecified atom stereocenters. The number of halogens is 2. The number of hydrogen-bond donors (Lipinski definition) is 0. The molecule has 154 valence electrons. The summed E-state index contributed by atoms with van der Waals surface area (Å²) in [6.45, 7) is 4.86. The minimum atomic E-state index is -0.0361. The van der Waals surface area contributed by atoms with Crippen LogP contribution in [0.1, 0.15) is 34.0 Å². The average molecular weight is 533 g/mol. The number of carbonyl (C=O) groups is 1. The van der Waals surface area contributed by atoms with E-state index in [0.717, 1.165) is 20.3 Å². The van der Waals surface area contributed by atoms with Gasteiger partial charge in [-0.25, -0.2) is 0 Å². The summed E-state index contributed by atoms with van der Waals surface area (Å²) < 4.78 is 12.8. The van der Waals surface area contributed by atoms with E-state index in [4.69, 9.17) is 21.1 Å². The van der Waals surface area contributed by atoms with Crippen molar-refractivity contribution in [1.82, 2.24) is 0 Å². The third kappa shape index (κ3) is 6.09. The molecule has 3 aromatic rings. The normalized spacial score (nSPS) is 10.9. The molecule has 0 aliphatic heterocycles. The zero-order valence-corrected chi connectivity index (χ0v) is 19.7. The Kier molecular flexibility index (Phi) is 7.94. The summed E-state index contributed by atoms with van der Waals surface area (Å²) in [5.41, 5.74) is 3.69. The molecule has 0 aliphatic carbocycles.